The maximum atomic E-state index is 12.5. The van der Waals surface area contributed by atoms with E-state index in [0.717, 1.165) is 10.0 Å². The monoisotopic (exact) mass is 622 g/mol. The smallest absolute Gasteiger partial charge is 0.266 e. The highest BCUT2D eigenvalue weighted by atomic mass is 79.9. The van der Waals surface area contributed by atoms with Gasteiger partial charge in [-0.25, -0.2) is 0 Å². The maximum Gasteiger partial charge on any atom is 0.266 e. The first-order valence-corrected chi connectivity index (χ1v) is 11.7. The van der Waals surface area contributed by atoms with Crippen molar-refractivity contribution in [2.75, 3.05) is 5.32 Å². The molecule has 0 aliphatic carbocycles. The summed E-state index contributed by atoms with van der Waals surface area (Å²) in [5.74, 6) is 0.0982. The molecule has 0 bridgehead atoms. The standard InChI is InChI=1S/C23H14Br3ClN2O2/c24-17-5-3-6-18(11-17)29-23(30)16(12-28)8-14-9-19(25)22(20(26)10-14)31-13-15-4-1-2-7-21(15)27/h1-11H,13H2,(H,29,30)/b16-8-. The number of carbonyl (C=O) groups is 1. The highest BCUT2D eigenvalue weighted by Gasteiger charge is 2.13. The van der Waals surface area contributed by atoms with E-state index in [1.807, 2.05) is 30.3 Å². The van der Waals surface area contributed by atoms with E-state index in [0.29, 0.717) is 37.6 Å². The second-order valence-corrected chi connectivity index (χ2v) is 9.36. The Balaban J connectivity index is 1.78. The summed E-state index contributed by atoms with van der Waals surface area (Å²) in [5, 5.41) is 12.8. The quantitative estimate of drug-likeness (QED) is 0.225. The van der Waals surface area contributed by atoms with Gasteiger partial charge in [0.25, 0.3) is 5.91 Å². The van der Waals surface area contributed by atoms with Crippen LogP contribution in [0, 0.1) is 11.3 Å². The number of benzene rings is 3. The van der Waals surface area contributed by atoms with E-state index < -0.39 is 5.91 Å². The van der Waals surface area contributed by atoms with Crippen LogP contribution in [0.1, 0.15) is 11.1 Å². The largest absolute Gasteiger partial charge is 0.486 e. The average Bonchev–Trinajstić information content (AvgIpc) is 2.72. The summed E-state index contributed by atoms with van der Waals surface area (Å²) >= 11 is 16.5. The first-order chi connectivity index (χ1) is 14.9. The third-order valence-electron chi connectivity index (χ3n) is 4.11. The van der Waals surface area contributed by atoms with E-state index in [1.165, 1.54) is 6.08 Å². The van der Waals surface area contributed by atoms with Gasteiger partial charge in [-0.2, -0.15) is 5.26 Å². The molecule has 0 atom stereocenters. The molecule has 0 aromatic heterocycles. The van der Waals surface area contributed by atoms with Crippen LogP contribution in [0.3, 0.4) is 0 Å². The predicted octanol–water partition coefficient (Wildman–Crippen LogP) is 7.75. The number of carbonyl (C=O) groups excluding carboxylic acids is 1. The van der Waals surface area contributed by atoms with Gasteiger partial charge in [0.05, 0.1) is 8.95 Å². The fourth-order valence-electron chi connectivity index (χ4n) is 2.65. The van der Waals surface area contributed by atoms with Crippen LogP contribution in [0.2, 0.25) is 5.02 Å². The molecule has 1 amide bonds. The van der Waals surface area contributed by atoms with Crippen LogP contribution in [-0.2, 0) is 11.4 Å². The van der Waals surface area contributed by atoms with Gasteiger partial charge in [-0.3, -0.25) is 4.79 Å². The number of nitrogens with zero attached hydrogens (tertiary/aromatic N) is 1. The molecule has 0 unspecified atom stereocenters. The molecule has 1 N–H and O–H groups in total. The summed E-state index contributed by atoms with van der Waals surface area (Å²) in [7, 11) is 0. The fraction of sp³-hybridized carbons (Fsp3) is 0.0435. The number of ether oxygens (including phenoxy) is 1. The molecular formula is C23H14Br3ClN2O2. The summed E-state index contributed by atoms with van der Waals surface area (Å²) < 4.78 is 8.08. The van der Waals surface area contributed by atoms with E-state index in [-0.39, 0.29) is 5.57 Å². The lowest BCUT2D eigenvalue weighted by molar-refractivity contribution is -0.112. The molecule has 0 spiro atoms. The number of halogens is 4. The number of nitrogens with one attached hydrogen (secondary N) is 1. The third-order valence-corrected chi connectivity index (χ3v) is 6.15. The van der Waals surface area contributed by atoms with Gasteiger partial charge in [0.15, 0.2) is 0 Å². The highest BCUT2D eigenvalue weighted by Crippen LogP contribution is 2.36. The molecule has 0 radical (unpaired) electrons. The predicted molar refractivity (Wildman–Crippen MR) is 134 cm³/mol. The Labute approximate surface area is 210 Å². The van der Waals surface area contributed by atoms with Crippen LogP contribution >= 0.6 is 59.4 Å². The van der Waals surface area contributed by atoms with Crippen LogP contribution in [-0.4, -0.2) is 5.91 Å². The normalized spacial score (nSPS) is 11.0. The summed E-state index contributed by atoms with van der Waals surface area (Å²) in [6.07, 6.45) is 1.51. The SMILES string of the molecule is N#C/C(=C/c1cc(Br)c(OCc2ccccc2Cl)c(Br)c1)C(=O)Nc1cccc(Br)c1. The Morgan fingerprint density at radius 1 is 1.06 bits per heavy atom. The Hall–Kier alpha value is -2.11. The molecule has 0 fully saturated rings. The molecule has 3 aromatic rings. The number of amides is 1. The molecule has 31 heavy (non-hydrogen) atoms. The lowest BCUT2D eigenvalue weighted by Gasteiger charge is -2.12. The van der Waals surface area contributed by atoms with Crippen molar-refractivity contribution >= 4 is 77.1 Å². The minimum Gasteiger partial charge on any atom is -0.486 e. The number of hydrogen-bond acceptors (Lipinski definition) is 3. The first-order valence-electron chi connectivity index (χ1n) is 8.91. The molecular weight excluding hydrogens is 611 g/mol. The van der Waals surface area contributed by atoms with Crippen molar-refractivity contribution in [2.45, 2.75) is 6.61 Å². The highest BCUT2D eigenvalue weighted by molar-refractivity contribution is 9.11. The summed E-state index contributed by atoms with van der Waals surface area (Å²) in [5.41, 5.74) is 2.09. The molecule has 3 rings (SSSR count). The second-order valence-electron chi connectivity index (χ2n) is 6.33. The van der Waals surface area contributed by atoms with Gasteiger partial charge in [0.1, 0.15) is 24.0 Å². The molecule has 8 heteroatoms. The van der Waals surface area contributed by atoms with E-state index in [2.05, 4.69) is 53.1 Å². The number of rotatable bonds is 6. The van der Waals surface area contributed by atoms with Crippen LogP contribution in [0.25, 0.3) is 6.08 Å². The van der Waals surface area contributed by atoms with Gasteiger partial charge >= 0.3 is 0 Å². The van der Waals surface area contributed by atoms with Gasteiger partial charge in [0.2, 0.25) is 0 Å². The van der Waals surface area contributed by atoms with E-state index in [1.54, 1.807) is 36.4 Å². The van der Waals surface area contributed by atoms with Crippen molar-refractivity contribution < 1.29 is 9.53 Å². The summed E-state index contributed by atoms with van der Waals surface area (Å²) in [6.45, 7) is 0.296. The molecule has 0 aliphatic heterocycles. The maximum absolute atomic E-state index is 12.5. The molecule has 0 heterocycles. The summed E-state index contributed by atoms with van der Waals surface area (Å²) in [4.78, 5) is 12.5. The van der Waals surface area contributed by atoms with Gasteiger partial charge < -0.3 is 10.1 Å². The van der Waals surface area contributed by atoms with Gasteiger partial charge in [-0.15, -0.1) is 0 Å². The number of nitriles is 1. The average molecular weight is 626 g/mol. The van der Waals surface area contributed by atoms with Crippen molar-refractivity contribution in [2.24, 2.45) is 0 Å². The minimum absolute atomic E-state index is 0.0245. The zero-order valence-electron chi connectivity index (χ0n) is 15.8. The lowest BCUT2D eigenvalue weighted by atomic mass is 10.1. The number of hydrogen-bond donors (Lipinski definition) is 1. The van der Waals surface area contributed by atoms with Crippen molar-refractivity contribution in [1.82, 2.24) is 0 Å². The van der Waals surface area contributed by atoms with Crippen LogP contribution in [0.5, 0.6) is 5.75 Å². The van der Waals surface area contributed by atoms with Crippen molar-refractivity contribution in [3.63, 3.8) is 0 Å². The number of anilines is 1. The molecule has 4 nitrogen and oxygen atoms in total. The molecule has 0 saturated carbocycles. The van der Waals surface area contributed by atoms with Gasteiger partial charge in [-0.05, 0) is 79.9 Å². The minimum atomic E-state index is -0.494. The van der Waals surface area contributed by atoms with Crippen LogP contribution in [0.4, 0.5) is 5.69 Å². The first kappa shape index (κ1) is 23.6. The Morgan fingerprint density at radius 2 is 1.77 bits per heavy atom. The Morgan fingerprint density at radius 3 is 2.42 bits per heavy atom. The summed E-state index contributed by atoms with van der Waals surface area (Å²) in [6, 6.07) is 20.1. The zero-order chi connectivity index (χ0) is 22.4. The van der Waals surface area contributed by atoms with E-state index in [9.17, 15) is 10.1 Å². The van der Waals surface area contributed by atoms with Crippen molar-refractivity contribution in [3.8, 4) is 11.8 Å². The molecule has 0 saturated heterocycles. The Bertz CT molecular complexity index is 1180. The third kappa shape index (κ3) is 6.44. The van der Waals surface area contributed by atoms with Crippen molar-refractivity contribution in [3.05, 3.63) is 95.8 Å². The lowest BCUT2D eigenvalue weighted by Crippen LogP contribution is -2.13. The van der Waals surface area contributed by atoms with Gasteiger partial charge in [-0.1, -0.05) is 51.8 Å². The topological polar surface area (TPSA) is 62.1 Å². The second kappa shape index (κ2) is 11.0. The van der Waals surface area contributed by atoms with Crippen molar-refractivity contribution in [1.29, 1.82) is 5.26 Å². The van der Waals surface area contributed by atoms with E-state index in [4.69, 9.17) is 16.3 Å². The molecule has 3 aromatic carbocycles. The molecule has 156 valence electrons. The zero-order valence-corrected chi connectivity index (χ0v) is 21.3. The van der Waals surface area contributed by atoms with Gasteiger partial charge in [0, 0.05) is 20.7 Å². The van der Waals surface area contributed by atoms with Crippen LogP contribution < -0.4 is 10.1 Å². The fourth-order valence-corrected chi connectivity index (χ4v) is 4.69. The molecule has 0 aliphatic rings. The Kier molecular flexibility index (Phi) is 8.33. The van der Waals surface area contributed by atoms with Crippen LogP contribution in [0.15, 0.2) is 79.7 Å². The van der Waals surface area contributed by atoms with E-state index >= 15 is 0 Å².